The van der Waals surface area contributed by atoms with E-state index in [-0.39, 0.29) is 19.1 Å². The van der Waals surface area contributed by atoms with Crippen LogP contribution in [-0.4, -0.2) is 35.3 Å². The molecule has 1 aliphatic heterocycles. The number of nitrogens with zero attached hydrogens (tertiary/aromatic N) is 1. The Kier molecular flexibility index (Phi) is 3.62. The molecule has 5 nitrogen and oxygen atoms in total. The van der Waals surface area contributed by atoms with Crippen molar-refractivity contribution in [3.8, 4) is 0 Å². The highest BCUT2D eigenvalue weighted by molar-refractivity contribution is 6.00. The van der Waals surface area contributed by atoms with Gasteiger partial charge in [0.05, 0.1) is 13.2 Å². The minimum Gasteiger partial charge on any atom is -0.465 e. The second kappa shape index (κ2) is 5.18. The monoisotopic (exact) mass is 249 g/mol. The molecule has 5 heteroatoms. The van der Waals surface area contributed by atoms with Crippen molar-refractivity contribution in [2.24, 2.45) is 5.92 Å². The van der Waals surface area contributed by atoms with Crippen molar-refractivity contribution in [1.82, 2.24) is 5.06 Å². The lowest BCUT2D eigenvalue weighted by atomic mass is 9.89. The van der Waals surface area contributed by atoms with Crippen LogP contribution in [-0.2, 0) is 14.3 Å². The molecule has 0 saturated carbocycles. The summed E-state index contributed by atoms with van der Waals surface area (Å²) in [5.41, 5.74) is 0.848. The lowest BCUT2D eigenvalue weighted by Crippen LogP contribution is -2.30. The molecular weight excluding hydrogens is 234 g/mol. The van der Waals surface area contributed by atoms with Gasteiger partial charge in [0.2, 0.25) is 0 Å². The number of rotatable bonds is 3. The molecule has 1 aliphatic rings. The summed E-state index contributed by atoms with van der Waals surface area (Å²) in [6.07, 6.45) is 0. The van der Waals surface area contributed by atoms with E-state index < -0.39 is 17.8 Å². The highest BCUT2D eigenvalue weighted by Crippen LogP contribution is 2.33. The van der Waals surface area contributed by atoms with Gasteiger partial charge in [0.15, 0.2) is 0 Å². The van der Waals surface area contributed by atoms with Crippen LogP contribution in [0, 0.1) is 5.92 Å². The summed E-state index contributed by atoms with van der Waals surface area (Å²) in [5, 5.41) is 10.1. The lowest BCUT2D eigenvalue weighted by molar-refractivity contribution is -0.165. The molecule has 2 unspecified atom stereocenters. The molecule has 0 bridgehead atoms. The first-order chi connectivity index (χ1) is 8.65. The Bertz CT molecular complexity index is 446. The molecule has 1 saturated heterocycles. The summed E-state index contributed by atoms with van der Waals surface area (Å²) in [4.78, 5) is 23.6. The highest BCUT2D eigenvalue weighted by Gasteiger charge is 2.46. The van der Waals surface area contributed by atoms with Gasteiger partial charge in [-0.25, -0.2) is 5.06 Å². The molecule has 1 N–H and O–H groups in total. The van der Waals surface area contributed by atoms with Crippen molar-refractivity contribution < 1.29 is 19.5 Å². The van der Waals surface area contributed by atoms with E-state index in [0.29, 0.717) is 5.06 Å². The van der Waals surface area contributed by atoms with E-state index in [2.05, 4.69) is 0 Å². The standard InChI is InChI=1S/C13H15NO4/c1-2-18-13(16)11-10(8-14(17)12(11)15)9-6-4-3-5-7-9/h3-7,10-11,17H,2,8H2,1H3. The predicted octanol–water partition coefficient (Wildman–Crippen LogP) is 1.18. The SMILES string of the molecule is CCOC(=O)C1C(=O)N(O)CC1c1ccccc1. The molecule has 0 aromatic heterocycles. The molecule has 1 fully saturated rings. The summed E-state index contributed by atoms with van der Waals surface area (Å²) < 4.78 is 4.90. The first kappa shape index (κ1) is 12.6. The highest BCUT2D eigenvalue weighted by atomic mass is 16.5. The number of amides is 1. The molecule has 2 atom stereocenters. The molecule has 0 radical (unpaired) electrons. The van der Waals surface area contributed by atoms with E-state index in [1.54, 1.807) is 6.92 Å². The number of carbonyl (C=O) groups excluding carboxylic acids is 2. The number of carbonyl (C=O) groups is 2. The number of hydroxylamine groups is 2. The van der Waals surface area contributed by atoms with Crippen LogP contribution in [0.25, 0.3) is 0 Å². The van der Waals surface area contributed by atoms with E-state index in [9.17, 15) is 14.8 Å². The Morgan fingerprint density at radius 3 is 2.72 bits per heavy atom. The average Bonchev–Trinajstić information content (AvgIpc) is 2.67. The Morgan fingerprint density at radius 2 is 2.11 bits per heavy atom. The minimum atomic E-state index is -0.947. The fourth-order valence-electron chi connectivity index (χ4n) is 2.21. The fourth-order valence-corrected chi connectivity index (χ4v) is 2.21. The maximum Gasteiger partial charge on any atom is 0.319 e. The van der Waals surface area contributed by atoms with Crippen LogP contribution in [0.5, 0.6) is 0 Å². The number of ether oxygens (including phenoxy) is 1. The Labute approximate surface area is 105 Å². The molecular formula is C13H15NO4. The molecule has 18 heavy (non-hydrogen) atoms. The molecule has 1 amide bonds. The number of esters is 1. The number of hydrogen-bond donors (Lipinski definition) is 1. The van der Waals surface area contributed by atoms with Crippen LogP contribution in [0.15, 0.2) is 30.3 Å². The first-order valence-electron chi connectivity index (χ1n) is 5.87. The van der Waals surface area contributed by atoms with Gasteiger partial charge in [-0.3, -0.25) is 14.8 Å². The van der Waals surface area contributed by atoms with E-state index in [1.165, 1.54) is 0 Å². The molecule has 1 aromatic carbocycles. The Morgan fingerprint density at radius 1 is 1.44 bits per heavy atom. The van der Waals surface area contributed by atoms with Gasteiger partial charge in [0, 0.05) is 5.92 Å². The van der Waals surface area contributed by atoms with Crippen molar-refractivity contribution in [2.75, 3.05) is 13.2 Å². The number of hydrogen-bond acceptors (Lipinski definition) is 4. The maximum absolute atomic E-state index is 11.8. The van der Waals surface area contributed by atoms with Crippen LogP contribution in [0.1, 0.15) is 18.4 Å². The van der Waals surface area contributed by atoms with Gasteiger partial charge in [0.25, 0.3) is 5.91 Å². The van der Waals surface area contributed by atoms with Gasteiger partial charge in [-0.1, -0.05) is 30.3 Å². The number of benzene rings is 1. The molecule has 1 aromatic rings. The zero-order valence-corrected chi connectivity index (χ0v) is 10.1. The average molecular weight is 249 g/mol. The smallest absolute Gasteiger partial charge is 0.319 e. The Balaban J connectivity index is 2.28. The van der Waals surface area contributed by atoms with E-state index in [4.69, 9.17) is 4.74 Å². The lowest BCUT2D eigenvalue weighted by Gasteiger charge is -2.15. The van der Waals surface area contributed by atoms with Gasteiger partial charge in [0.1, 0.15) is 5.92 Å². The summed E-state index contributed by atoms with van der Waals surface area (Å²) in [6, 6.07) is 9.20. The van der Waals surface area contributed by atoms with Crippen molar-refractivity contribution in [1.29, 1.82) is 0 Å². The zero-order valence-electron chi connectivity index (χ0n) is 10.1. The summed E-state index contributed by atoms with van der Waals surface area (Å²) in [5.74, 6) is -2.48. The topological polar surface area (TPSA) is 66.8 Å². The molecule has 2 rings (SSSR count). The largest absolute Gasteiger partial charge is 0.465 e. The van der Waals surface area contributed by atoms with Crippen LogP contribution in [0.3, 0.4) is 0 Å². The summed E-state index contributed by atoms with van der Waals surface area (Å²) in [6.45, 7) is 2.02. The molecule has 0 aliphatic carbocycles. The zero-order chi connectivity index (χ0) is 13.1. The third kappa shape index (κ3) is 2.22. The predicted molar refractivity (Wildman–Crippen MR) is 62.8 cm³/mol. The molecule has 0 spiro atoms. The van der Waals surface area contributed by atoms with E-state index >= 15 is 0 Å². The summed E-state index contributed by atoms with van der Waals surface area (Å²) >= 11 is 0. The fraction of sp³-hybridized carbons (Fsp3) is 0.385. The van der Waals surface area contributed by atoms with E-state index in [0.717, 1.165) is 5.56 Å². The minimum absolute atomic E-state index is 0.117. The quantitative estimate of drug-likeness (QED) is 0.496. The Hall–Kier alpha value is -1.88. The van der Waals surface area contributed by atoms with Crippen LogP contribution >= 0.6 is 0 Å². The van der Waals surface area contributed by atoms with Crippen molar-refractivity contribution in [3.05, 3.63) is 35.9 Å². The second-order valence-corrected chi connectivity index (χ2v) is 4.17. The van der Waals surface area contributed by atoms with Gasteiger partial charge < -0.3 is 4.74 Å². The van der Waals surface area contributed by atoms with Crippen molar-refractivity contribution in [2.45, 2.75) is 12.8 Å². The third-order valence-electron chi connectivity index (χ3n) is 3.06. The molecule has 1 heterocycles. The van der Waals surface area contributed by atoms with Crippen molar-refractivity contribution >= 4 is 11.9 Å². The van der Waals surface area contributed by atoms with Crippen LogP contribution < -0.4 is 0 Å². The van der Waals surface area contributed by atoms with Crippen LogP contribution in [0.4, 0.5) is 0 Å². The maximum atomic E-state index is 11.8. The van der Waals surface area contributed by atoms with Crippen LogP contribution in [0.2, 0.25) is 0 Å². The third-order valence-corrected chi connectivity index (χ3v) is 3.06. The first-order valence-corrected chi connectivity index (χ1v) is 5.87. The van der Waals surface area contributed by atoms with Gasteiger partial charge in [-0.15, -0.1) is 0 Å². The van der Waals surface area contributed by atoms with Gasteiger partial charge in [-0.05, 0) is 12.5 Å². The van der Waals surface area contributed by atoms with E-state index in [1.807, 2.05) is 30.3 Å². The second-order valence-electron chi connectivity index (χ2n) is 4.17. The molecule has 96 valence electrons. The normalized spacial score (nSPS) is 23.2. The van der Waals surface area contributed by atoms with Crippen molar-refractivity contribution in [3.63, 3.8) is 0 Å². The summed E-state index contributed by atoms with van der Waals surface area (Å²) in [7, 11) is 0. The van der Waals surface area contributed by atoms with Gasteiger partial charge >= 0.3 is 5.97 Å². The van der Waals surface area contributed by atoms with Gasteiger partial charge in [-0.2, -0.15) is 0 Å².